The van der Waals surface area contributed by atoms with E-state index in [0.29, 0.717) is 4.88 Å². The minimum absolute atomic E-state index is 0.340. The van der Waals surface area contributed by atoms with Crippen molar-refractivity contribution in [2.45, 2.75) is 6.92 Å². The Bertz CT molecular complexity index is 473. The number of aromatic nitrogens is 2. The lowest BCUT2D eigenvalue weighted by molar-refractivity contribution is 0.0702. The molecule has 2 aromatic heterocycles. The number of aryl methyl sites for hydroxylation is 1. The Labute approximate surface area is 84.2 Å². The van der Waals surface area contributed by atoms with Crippen LogP contribution in [0.1, 0.15) is 15.5 Å². The van der Waals surface area contributed by atoms with Gasteiger partial charge in [0.1, 0.15) is 10.7 Å². The van der Waals surface area contributed by atoms with Gasteiger partial charge >= 0.3 is 5.97 Å². The van der Waals surface area contributed by atoms with Crippen LogP contribution < -0.4 is 0 Å². The van der Waals surface area contributed by atoms with Gasteiger partial charge in [-0.2, -0.15) is 0 Å². The Balaban J connectivity index is 2.38. The molecular formula is C9H8N2O2S. The van der Waals surface area contributed by atoms with Gasteiger partial charge in [-0.25, -0.2) is 9.78 Å². The number of carboxylic acid groups (broad SMARTS) is 1. The fraction of sp³-hybridized carbons (Fsp3) is 0.111. The van der Waals surface area contributed by atoms with Crippen molar-refractivity contribution in [2.24, 2.45) is 0 Å². The first-order valence-electron chi connectivity index (χ1n) is 4.00. The van der Waals surface area contributed by atoms with Crippen molar-refractivity contribution < 1.29 is 9.90 Å². The number of nitrogens with one attached hydrogen (secondary N) is 1. The van der Waals surface area contributed by atoms with E-state index in [1.54, 1.807) is 17.6 Å². The maximum Gasteiger partial charge on any atom is 0.345 e. The summed E-state index contributed by atoms with van der Waals surface area (Å²) < 4.78 is 0. The van der Waals surface area contributed by atoms with E-state index in [4.69, 9.17) is 5.11 Å². The first-order valence-corrected chi connectivity index (χ1v) is 4.88. The largest absolute Gasteiger partial charge is 0.477 e. The van der Waals surface area contributed by atoms with Crippen LogP contribution in [0.5, 0.6) is 0 Å². The van der Waals surface area contributed by atoms with Crippen LogP contribution in [0.15, 0.2) is 17.6 Å². The Morgan fingerprint density at radius 2 is 2.43 bits per heavy atom. The lowest BCUT2D eigenvalue weighted by Crippen LogP contribution is -1.89. The predicted octanol–water partition coefficient (Wildman–Crippen LogP) is 2.14. The van der Waals surface area contributed by atoms with Gasteiger partial charge in [-0.3, -0.25) is 0 Å². The van der Waals surface area contributed by atoms with E-state index >= 15 is 0 Å². The maximum absolute atomic E-state index is 10.6. The van der Waals surface area contributed by atoms with Crippen LogP contribution in [0.3, 0.4) is 0 Å². The van der Waals surface area contributed by atoms with Crippen LogP contribution in [-0.4, -0.2) is 21.0 Å². The molecule has 0 amide bonds. The molecule has 2 rings (SSSR count). The SMILES string of the molecule is Cc1ncc(-c2csc(C(=O)O)c2)[nH]1. The molecule has 4 nitrogen and oxygen atoms in total. The molecule has 0 aromatic carbocycles. The van der Waals surface area contributed by atoms with Gasteiger partial charge in [-0.1, -0.05) is 0 Å². The van der Waals surface area contributed by atoms with Crippen LogP contribution in [0, 0.1) is 6.92 Å². The zero-order chi connectivity index (χ0) is 10.1. The molecule has 0 saturated heterocycles. The molecule has 0 aliphatic carbocycles. The number of imidazole rings is 1. The minimum atomic E-state index is -0.891. The third kappa shape index (κ3) is 1.54. The van der Waals surface area contributed by atoms with E-state index in [1.165, 1.54) is 11.3 Å². The molecule has 0 bridgehead atoms. The summed E-state index contributed by atoms with van der Waals surface area (Å²) in [5, 5.41) is 10.5. The first kappa shape index (κ1) is 8.96. The molecule has 2 aromatic rings. The zero-order valence-electron chi connectivity index (χ0n) is 7.44. The molecule has 0 aliphatic rings. The third-order valence-corrected chi connectivity index (χ3v) is 2.74. The predicted molar refractivity (Wildman–Crippen MR) is 53.6 cm³/mol. The normalized spacial score (nSPS) is 10.4. The van der Waals surface area contributed by atoms with Gasteiger partial charge in [0.25, 0.3) is 0 Å². The molecular weight excluding hydrogens is 200 g/mol. The van der Waals surface area contributed by atoms with Crippen molar-refractivity contribution in [3.8, 4) is 11.3 Å². The summed E-state index contributed by atoms with van der Waals surface area (Å²) in [6.45, 7) is 1.86. The lowest BCUT2D eigenvalue weighted by atomic mass is 10.2. The monoisotopic (exact) mass is 208 g/mol. The standard InChI is InChI=1S/C9H8N2O2S/c1-5-10-3-7(11-5)6-2-8(9(12)13)14-4-6/h2-4H,1H3,(H,10,11)(H,12,13). The summed E-state index contributed by atoms with van der Waals surface area (Å²) in [7, 11) is 0. The fourth-order valence-electron chi connectivity index (χ4n) is 1.16. The first-order chi connectivity index (χ1) is 6.66. The van der Waals surface area contributed by atoms with Crippen LogP contribution in [0.2, 0.25) is 0 Å². The van der Waals surface area contributed by atoms with E-state index in [-0.39, 0.29) is 0 Å². The van der Waals surface area contributed by atoms with Gasteiger partial charge in [0.05, 0.1) is 11.9 Å². The molecule has 0 atom stereocenters. The molecule has 0 saturated carbocycles. The second kappa shape index (κ2) is 3.26. The average Bonchev–Trinajstić information content (AvgIpc) is 2.70. The molecule has 0 aliphatic heterocycles. The molecule has 14 heavy (non-hydrogen) atoms. The Hall–Kier alpha value is -1.62. The quantitative estimate of drug-likeness (QED) is 0.794. The minimum Gasteiger partial charge on any atom is -0.477 e. The van der Waals surface area contributed by atoms with Gasteiger partial charge < -0.3 is 10.1 Å². The van der Waals surface area contributed by atoms with E-state index in [9.17, 15) is 4.79 Å². The maximum atomic E-state index is 10.6. The second-order valence-corrected chi connectivity index (χ2v) is 3.80. The molecule has 0 fully saturated rings. The number of hydrogen-bond donors (Lipinski definition) is 2. The van der Waals surface area contributed by atoms with Gasteiger partial charge in [0.2, 0.25) is 0 Å². The Kier molecular flexibility index (Phi) is 2.09. The molecule has 2 heterocycles. The zero-order valence-corrected chi connectivity index (χ0v) is 8.26. The lowest BCUT2D eigenvalue weighted by Gasteiger charge is -1.88. The van der Waals surface area contributed by atoms with Crippen molar-refractivity contribution in [3.05, 3.63) is 28.3 Å². The highest BCUT2D eigenvalue weighted by Gasteiger charge is 2.09. The topological polar surface area (TPSA) is 66.0 Å². The highest BCUT2D eigenvalue weighted by atomic mass is 32.1. The van der Waals surface area contributed by atoms with E-state index < -0.39 is 5.97 Å². The highest BCUT2D eigenvalue weighted by molar-refractivity contribution is 7.12. The molecule has 0 unspecified atom stereocenters. The smallest absolute Gasteiger partial charge is 0.345 e. The Morgan fingerprint density at radius 3 is 2.93 bits per heavy atom. The molecule has 2 N–H and O–H groups in total. The van der Waals surface area contributed by atoms with Crippen LogP contribution >= 0.6 is 11.3 Å². The van der Waals surface area contributed by atoms with Gasteiger partial charge in [-0.05, 0) is 13.0 Å². The molecule has 72 valence electrons. The molecule has 5 heteroatoms. The number of nitrogens with zero attached hydrogens (tertiary/aromatic N) is 1. The van der Waals surface area contributed by atoms with E-state index in [0.717, 1.165) is 17.1 Å². The molecule has 0 spiro atoms. The summed E-state index contributed by atoms with van der Waals surface area (Å²) >= 11 is 1.21. The Morgan fingerprint density at radius 1 is 1.64 bits per heavy atom. The van der Waals surface area contributed by atoms with Crippen molar-refractivity contribution in [2.75, 3.05) is 0 Å². The molecule has 0 radical (unpaired) electrons. The van der Waals surface area contributed by atoms with Crippen molar-refractivity contribution in [1.29, 1.82) is 0 Å². The summed E-state index contributed by atoms with van der Waals surface area (Å²) in [5.41, 5.74) is 1.72. The van der Waals surface area contributed by atoms with E-state index in [1.807, 2.05) is 6.92 Å². The van der Waals surface area contributed by atoms with Crippen molar-refractivity contribution in [3.63, 3.8) is 0 Å². The number of hydrogen-bond acceptors (Lipinski definition) is 3. The third-order valence-electron chi connectivity index (χ3n) is 1.82. The number of rotatable bonds is 2. The van der Waals surface area contributed by atoms with Crippen LogP contribution in [0.25, 0.3) is 11.3 Å². The van der Waals surface area contributed by atoms with Gasteiger partial charge in [0, 0.05) is 10.9 Å². The average molecular weight is 208 g/mol. The highest BCUT2D eigenvalue weighted by Crippen LogP contribution is 2.23. The summed E-state index contributed by atoms with van der Waals surface area (Å²) in [4.78, 5) is 18.1. The number of thiophene rings is 1. The number of H-pyrrole nitrogens is 1. The van der Waals surface area contributed by atoms with E-state index in [2.05, 4.69) is 9.97 Å². The second-order valence-electron chi connectivity index (χ2n) is 2.89. The fourth-order valence-corrected chi connectivity index (χ4v) is 1.90. The van der Waals surface area contributed by atoms with Gasteiger partial charge in [0.15, 0.2) is 0 Å². The van der Waals surface area contributed by atoms with Crippen molar-refractivity contribution in [1.82, 2.24) is 9.97 Å². The summed E-state index contributed by atoms with van der Waals surface area (Å²) in [5.74, 6) is -0.0689. The van der Waals surface area contributed by atoms with Gasteiger partial charge in [-0.15, -0.1) is 11.3 Å². The summed E-state index contributed by atoms with van der Waals surface area (Å²) in [6, 6.07) is 1.64. The van der Waals surface area contributed by atoms with Crippen LogP contribution in [-0.2, 0) is 0 Å². The van der Waals surface area contributed by atoms with Crippen LogP contribution in [0.4, 0.5) is 0 Å². The summed E-state index contributed by atoms with van der Waals surface area (Å²) in [6.07, 6.45) is 1.70. The number of carboxylic acids is 1. The van der Waals surface area contributed by atoms with Crippen molar-refractivity contribution >= 4 is 17.3 Å². The number of aromatic amines is 1. The number of aromatic carboxylic acids is 1. The number of carbonyl (C=O) groups is 1.